The summed E-state index contributed by atoms with van der Waals surface area (Å²) < 4.78 is 0. The molecule has 0 aliphatic rings. The first kappa shape index (κ1) is 20.7. The van der Waals surface area contributed by atoms with E-state index in [9.17, 15) is 9.59 Å². The van der Waals surface area contributed by atoms with Crippen LogP contribution in [0.4, 0.5) is 10.8 Å². The highest BCUT2D eigenvalue weighted by Gasteiger charge is 2.17. The third kappa shape index (κ3) is 4.34. The summed E-state index contributed by atoms with van der Waals surface area (Å²) >= 11 is 1.13. The predicted molar refractivity (Wildman–Crippen MR) is 124 cm³/mol. The van der Waals surface area contributed by atoms with E-state index in [2.05, 4.69) is 46.6 Å². The molecule has 0 radical (unpaired) electrons. The maximum atomic E-state index is 12.7. The molecule has 8 heteroatoms. The second-order valence-electron chi connectivity index (χ2n) is 8.35. The normalized spacial score (nSPS) is 11.5. The Balaban J connectivity index is 1.46. The van der Waals surface area contributed by atoms with E-state index in [4.69, 9.17) is 0 Å². The standard InChI is InChI=1S/C23H23N5O2S/c1-13-5-10-17-16(11-25-28-17)19(13)26-21(30)18-12-24-22(31-18)27-20(29)14-6-8-15(9-7-14)23(2,3)4/h5-12H,1-4H3,(H,25,28)(H,26,30)(H,24,27,29). The van der Waals surface area contributed by atoms with E-state index in [0.29, 0.717) is 21.3 Å². The summed E-state index contributed by atoms with van der Waals surface area (Å²) in [4.78, 5) is 29.9. The van der Waals surface area contributed by atoms with Gasteiger partial charge in [0.1, 0.15) is 4.88 Å². The highest BCUT2D eigenvalue weighted by Crippen LogP contribution is 2.28. The predicted octanol–water partition coefficient (Wildman–Crippen LogP) is 5.13. The van der Waals surface area contributed by atoms with Gasteiger partial charge in [-0.3, -0.25) is 20.0 Å². The van der Waals surface area contributed by atoms with Gasteiger partial charge in [0, 0.05) is 10.9 Å². The molecule has 2 aromatic carbocycles. The molecule has 0 saturated carbocycles. The summed E-state index contributed by atoms with van der Waals surface area (Å²) in [5.41, 5.74) is 4.19. The molecule has 2 amide bonds. The third-order valence-electron chi connectivity index (χ3n) is 5.03. The lowest BCUT2D eigenvalue weighted by Crippen LogP contribution is -2.14. The van der Waals surface area contributed by atoms with Crippen molar-refractivity contribution in [1.82, 2.24) is 15.2 Å². The van der Waals surface area contributed by atoms with Crippen LogP contribution in [0, 0.1) is 6.92 Å². The fraction of sp³-hybridized carbons (Fsp3) is 0.217. The number of anilines is 2. The smallest absolute Gasteiger partial charge is 0.267 e. The van der Waals surface area contributed by atoms with Crippen molar-refractivity contribution in [3.8, 4) is 0 Å². The number of hydrogen-bond donors (Lipinski definition) is 3. The Bertz CT molecular complexity index is 1270. The molecule has 0 aliphatic carbocycles. The number of carbonyl (C=O) groups is 2. The first-order chi connectivity index (χ1) is 14.7. The van der Waals surface area contributed by atoms with E-state index in [1.54, 1.807) is 18.3 Å². The minimum atomic E-state index is -0.288. The van der Waals surface area contributed by atoms with Gasteiger partial charge >= 0.3 is 0 Å². The van der Waals surface area contributed by atoms with Crippen LogP contribution in [0.25, 0.3) is 10.9 Å². The van der Waals surface area contributed by atoms with Crippen molar-refractivity contribution in [2.75, 3.05) is 10.6 Å². The highest BCUT2D eigenvalue weighted by atomic mass is 32.1. The van der Waals surface area contributed by atoms with E-state index in [0.717, 1.165) is 33.4 Å². The molecule has 158 valence electrons. The number of thiazole rings is 1. The van der Waals surface area contributed by atoms with Crippen LogP contribution in [0.1, 0.15) is 51.9 Å². The first-order valence-electron chi connectivity index (χ1n) is 9.84. The summed E-state index contributed by atoms with van der Waals surface area (Å²) in [5, 5.41) is 13.8. The van der Waals surface area contributed by atoms with Crippen LogP contribution in [-0.4, -0.2) is 27.0 Å². The number of nitrogens with zero attached hydrogens (tertiary/aromatic N) is 2. The zero-order valence-corrected chi connectivity index (χ0v) is 18.6. The number of aromatic nitrogens is 3. The largest absolute Gasteiger partial charge is 0.320 e. The number of nitrogens with one attached hydrogen (secondary N) is 3. The SMILES string of the molecule is Cc1ccc2[nH]ncc2c1NC(=O)c1cnc(NC(=O)c2ccc(C(C)(C)C)cc2)s1. The molecule has 4 rings (SSSR count). The van der Waals surface area contributed by atoms with E-state index in [1.807, 2.05) is 31.2 Å². The summed E-state index contributed by atoms with van der Waals surface area (Å²) in [7, 11) is 0. The minimum Gasteiger partial charge on any atom is -0.320 e. The van der Waals surface area contributed by atoms with Crippen molar-refractivity contribution < 1.29 is 9.59 Å². The molecule has 3 N–H and O–H groups in total. The van der Waals surface area contributed by atoms with Crippen LogP contribution in [0.15, 0.2) is 48.8 Å². The molecule has 2 heterocycles. The van der Waals surface area contributed by atoms with Gasteiger partial charge in [-0.15, -0.1) is 0 Å². The zero-order valence-electron chi connectivity index (χ0n) is 17.7. The van der Waals surface area contributed by atoms with Crippen molar-refractivity contribution >= 4 is 44.9 Å². The van der Waals surface area contributed by atoms with Crippen molar-refractivity contribution in [2.24, 2.45) is 0 Å². The van der Waals surface area contributed by atoms with Crippen LogP contribution < -0.4 is 10.6 Å². The fourth-order valence-corrected chi connectivity index (χ4v) is 3.90. The second kappa shape index (κ2) is 7.96. The van der Waals surface area contributed by atoms with Crippen LogP contribution in [-0.2, 0) is 5.41 Å². The van der Waals surface area contributed by atoms with Gasteiger partial charge < -0.3 is 5.32 Å². The Morgan fingerprint density at radius 1 is 0.968 bits per heavy atom. The molecule has 7 nitrogen and oxygen atoms in total. The second-order valence-corrected chi connectivity index (χ2v) is 9.38. The average molecular weight is 434 g/mol. The molecule has 0 bridgehead atoms. The van der Waals surface area contributed by atoms with E-state index >= 15 is 0 Å². The molecule has 0 atom stereocenters. The highest BCUT2D eigenvalue weighted by molar-refractivity contribution is 7.17. The number of hydrogen-bond acceptors (Lipinski definition) is 5. The van der Waals surface area contributed by atoms with Crippen LogP contribution in [0.5, 0.6) is 0 Å². The van der Waals surface area contributed by atoms with Gasteiger partial charge in [0.2, 0.25) is 0 Å². The number of aryl methyl sites for hydroxylation is 1. The van der Waals surface area contributed by atoms with Gasteiger partial charge in [0.15, 0.2) is 5.13 Å². The van der Waals surface area contributed by atoms with Gasteiger partial charge in [-0.05, 0) is 41.7 Å². The third-order valence-corrected chi connectivity index (χ3v) is 5.95. The van der Waals surface area contributed by atoms with Crippen LogP contribution >= 0.6 is 11.3 Å². The number of aromatic amines is 1. The monoisotopic (exact) mass is 433 g/mol. The Hall–Kier alpha value is -3.52. The Labute approximate surface area is 183 Å². The number of H-pyrrole nitrogens is 1. The molecule has 0 fully saturated rings. The zero-order chi connectivity index (χ0) is 22.2. The Morgan fingerprint density at radius 2 is 1.71 bits per heavy atom. The maximum Gasteiger partial charge on any atom is 0.267 e. The Kier molecular flexibility index (Phi) is 5.32. The van der Waals surface area contributed by atoms with Gasteiger partial charge in [0.25, 0.3) is 11.8 Å². The summed E-state index contributed by atoms with van der Waals surface area (Å²) in [6, 6.07) is 11.3. The summed E-state index contributed by atoms with van der Waals surface area (Å²) in [5.74, 6) is -0.551. The number of benzene rings is 2. The molecule has 0 unspecified atom stereocenters. The number of rotatable bonds is 4. The van der Waals surface area contributed by atoms with Crippen LogP contribution in [0.2, 0.25) is 0 Å². The average Bonchev–Trinajstić information content (AvgIpc) is 3.39. The lowest BCUT2D eigenvalue weighted by Gasteiger charge is -2.18. The van der Waals surface area contributed by atoms with E-state index < -0.39 is 0 Å². The van der Waals surface area contributed by atoms with Crippen LogP contribution in [0.3, 0.4) is 0 Å². The molecule has 2 aromatic heterocycles. The quantitative estimate of drug-likeness (QED) is 0.415. The van der Waals surface area contributed by atoms with Gasteiger partial charge in [-0.1, -0.05) is 50.3 Å². The number of amides is 2. The minimum absolute atomic E-state index is 0.0196. The Morgan fingerprint density at radius 3 is 2.42 bits per heavy atom. The van der Waals surface area contributed by atoms with Crippen molar-refractivity contribution in [3.05, 3.63) is 70.4 Å². The van der Waals surface area contributed by atoms with Gasteiger partial charge in [-0.25, -0.2) is 4.98 Å². The van der Waals surface area contributed by atoms with Gasteiger partial charge in [-0.2, -0.15) is 5.10 Å². The molecular weight excluding hydrogens is 410 g/mol. The van der Waals surface area contributed by atoms with Gasteiger partial charge in [0.05, 0.1) is 23.6 Å². The molecule has 0 aliphatic heterocycles. The van der Waals surface area contributed by atoms with E-state index in [1.165, 1.54) is 6.20 Å². The molecule has 0 saturated heterocycles. The maximum absolute atomic E-state index is 12.7. The number of carbonyl (C=O) groups excluding carboxylic acids is 2. The first-order valence-corrected chi connectivity index (χ1v) is 10.7. The molecular formula is C23H23N5O2S. The van der Waals surface area contributed by atoms with Crippen molar-refractivity contribution in [2.45, 2.75) is 33.1 Å². The topological polar surface area (TPSA) is 99.8 Å². The molecule has 31 heavy (non-hydrogen) atoms. The molecule has 4 aromatic rings. The lowest BCUT2D eigenvalue weighted by atomic mass is 9.87. The van der Waals surface area contributed by atoms with Crippen molar-refractivity contribution in [3.63, 3.8) is 0 Å². The lowest BCUT2D eigenvalue weighted by molar-refractivity contribution is 0.102. The number of fused-ring (bicyclic) bond motifs is 1. The summed E-state index contributed by atoms with van der Waals surface area (Å²) in [6.45, 7) is 8.29. The van der Waals surface area contributed by atoms with E-state index in [-0.39, 0.29) is 17.2 Å². The summed E-state index contributed by atoms with van der Waals surface area (Å²) in [6.07, 6.45) is 3.14. The molecule has 0 spiro atoms. The fourth-order valence-electron chi connectivity index (χ4n) is 3.20. The van der Waals surface area contributed by atoms with Crippen molar-refractivity contribution in [1.29, 1.82) is 0 Å².